The van der Waals surface area contributed by atoms with Crippen LogP contribution in [0, 0.1) is 11.8 Å². The van der Waals surface area contributed by atoms with E-state index in [1.807, 2.05) is 60.7 Å². The number of hydrogen-bond donors (Lipinski definition) is 0. The molecule has 40 heavy (non-hydrogen) atoms. The lowest BCUT2D eigenvalue weighted by Crippen LogP contribution is -2.41. The third-order valence-corrected chi connectivity index (χ3v) is 9.77. The van der Waals surface area contributed by atoms with Crippen LogP contribution in [-0.2, 0) is 16.2 Å². The highest BCUT2D eigenvalue weighted by molar-refractivity contribution is 9.11. The molecule has 8 heteroatoms. The van der Waals surface area contributed by atoms with Crippen molar-refractivity contribution in [3.63, 3.8) is 0 Å². The maximum absolute atomic E-state index is 13.8. The smallest absolute Gasteiger partial charge is 0.254 e. The fourth-order valence-electron chi connectivity index (χ4n) is 6.43. The zero-order chi connectivity index (χ0) is 27.5. The monoisotopic (exact) mass is 718 g/mol. The van der Waals surface area contributed by atoms with Gasteiger partial charge in [-0.05, 0) is 89.5 Å². The first-order valence-electron chi connectivity index (χ1n) is 12.9. The maximum atomic E-state index is 13.8. The number of benzene rings is 4. The van der Waals surface area contributed by atoms with Crippen molar-refractivity contribution in [2.75, 3.05) is 0 Å². The Morgan fingerprint density at radius 1 is 0.725 bits per heavy atom. The van der Waals surface area contributed by atoms with Gasteiger partial charge in [0.2, 0.25) is 0 Å². The van der Waals surface area contributed by atoms with Crippen molar-refractivity contribution in [2.45, 2.75) is 18.4 Å². The SMILES string of the molecule is O=C1[C@@H]2C3c4ccccc4C(c4ccccc43)[C@H]2C(=O)N1/N=C\c1cc(Br)c(OCc2ccc(Br)cc2)c(Br)c1. The van der Waals surface area contributed by atoms with E-state index in [0.717, 1.165) is 51.8 Å². The number of rotatable bonds is 5. The highest BCUT2D eigenvalue weighted by Crippen LogP contribution is 2.61. The average molecular weight is 721 g/mol. The van der Waals surface area contributed by atoms with Gasteiger partial charge in [0.1, 0.15) is 12.4 Å². The minimum atomic E-state index is -0.452. The molecule has 1 heterocycles. The predicted molar refractivity (Wildman–Crippen MR) is 163 cm³/mol. The summed E-state index contributed by atoms with van der Waals surface area (Å²) >= 11 is 10.6. The lowest BCUT2D eigenvalue weighted by Gasteiger charge is -2.45. The molecular weight excluding hydrogens is 700 g/mol. The lowest BCUT2D eigenvalue weighted by atomic mass is 9.55. The summed E-state index contributed by atoms with van der Waals surface area (Å²) in [5.74, 6) is -1.02. The number of amides is 2. The van der Waals surface area contributed by atoms with Crippen LogP contribution in [0.15, 0.2) is 103 Å². The lowest BCUT2D eigenvalue weighted by molar-refractivity contribution is -0.139. The highest BCUT2D eigenvalue weighted by Gasteiger charge is 2.61. The number of nitrogens with zero attached hydrogens (tertiary/aromatic N) is 2. The minimum absolute atomic E-state index is 0.149. The van der Waals surface area contributed by atoms with Gasteiger partial charge in [-0.3, -0.25) is 9.59 Å². The van der Waals surface area contributed by atoms with Crippen LogP contribution in [-0.4, -0.2) is 23.0 Å². The van der Waals surface area contributed by atoms with Crippen molar-refractivity contribution in [3.8, 4) is 5.75 Å². The first-order chi connectivity index (χ1) is 19.4. The average Bonchev–Trinajstić information content (AvgIpc) is 3.22. The Labute approximate surface area is 256 Å². The van der Waals surface area contributed by atoms with Gasteiger partial charge in [-0.2, -0.15) is 10.1 Å². The van der Waals surface area contributed by atoms with Gasteiger partial charge in [0.05, 0.1) is 27.0 Å². The van der Waals surface area contributed by atoms with E-state index >= 15 is 0 Å². The van der Waals surface area contributed by atoms with Crippen LogP contribution >= 0.6 is 47.8 Å². The molecule has 0 aromatic heterocycles. The number of carbonyl (C=O) groups excluding carboxylic acids is 2. The molecule has 0 saturated carbocycles. The number of ether oxygens (including phenoxy) is 1. The summed E-state index contributed by atoms with van der Waals surface area (Å²) in [5.41, 5.74) is 6.34. The van der Waals surface area contributed by atoms with E-state index in [4.69, 9.17) is 4.74 Å². The summed E-state index contributed by atoms with van der Waals surface area (Å²) in [6.07, 6.45) is 1.56. The summed E-state index contributed by atoms with van der Waals surface area (Å²) in [6.45, 7) is 0.407. The molecule has 2 atom stereocenters. The van der Waals surface area contributed by atoms with Crippen molar-refractivity contribution in [1.29, 1.82) is 0 Å². The van der Waals surface area contributed by atoms with Gasteiger partial charge in [0, 0.05) is 16.3 Å². The zero-order valence-electron chi connectivity index (χ0n) is 20.9. The van der Waals surface area contributed by atoms with Gasteiger partial charge in [-0.25, -0.2) is 0 Å². The second-order valence-electron chi connectivity index (χ2n) is 10.2. The van der Waals surface area contributed by atoms with Crippen molar-refractivity contribution in [3.05, 3.63) is 132 Å². The molecule has 0 spiro atoms. The number of hydrogen-bond acceptors (Lipinski definition) is 4. The molecule has 2 bridgehead atoms. The topological polar surface area (TPSA) is 59.0 Å². The number of halogens is 3. The Kier molecular flexibility index (Phi) is 6.52. The molecule has 198 valence electrons. The number of hydrazone groups is 1. The normalized spacial score (nSPS) is 22.4. The summed E-state index contributed by atoms with van der Waals surface area (Å²) in [5, 5.41) is 5.53. The van der Waals surface area contributed by atoms with Crippen LogP contribution in [0.5, 0.6) is 5.75 Å². The van der Waals surface area contributed by atoms with E-state index in [1.165, 1.54) is 0 Å². The highest BCUT2D eigenvalue weighted by atomic mass is 79.9. The van der Waals surface area contributed by atoms with Crippen LogP contribution in [0.25, 0.3) is 0 Å². The number of imide groups is 1. The van der Waals surface area contributed by atoms with Crippen LogP contribution in [0.4, 0.5) is 0 Å². The summed E-state index contributed by atoms with van der Waals surface area (Å²) in [7, 11) is 0. The Morgan fingerprint density at radius 2 is 1.20 bits per heavy atom. The van der Waals surface area contributed by atoms with Crippen molar-refractivity contribution in [1.82, 2.24) is 5.01 Å². The van der Waals surface area contributed by atoms with Gasteiger partial charge < -0.3 is 4.74 Å². The standard InChI is InChI=1S/C32H21Br3N2O3/c33-19-11-9-17(10-12-19)16-40-30-24(34)13-18(14-25(30)35)15-36-37-31(38)28-26-20-5-1-2-6-21(20)27(29(28)32(37)39)23-8-4-3-7-22(23)26/h1-15,26-29H,16H2/b36-15-/t26?,27?,28-,29-/m1/s1. The zero-order valence-corrected chi connectivity index (χ0v) is 25.7. The van der Waals surface area contributed by atoms with Crippen molar-refractivity contribution >= 4 is 65.8 Å². The molecule has 5 nitrogen and oxygen atoms in total. The van der Waals surface area contributed by atoms with E-state index in [1.54, 1.807) is 6.21 Å². The first kappa shape index (κ1) is 25.9. The second kappa shape index (κ2) is 10.1. The van der Waals surface area contributed by atoms with E-state index in [9.17, 15) is 9.59 Å². The molecule has 3 aliphatic carbocycles. The second-order valence-corrected chi connectivity index (χ2v) is 12.9. The van der Waals surface area contributed by atoms with Crippen molar-refractivity contribution < 1.29 is 14.3 Å². The fourth-order valence-corrected chi connectivity index (χ4v) is 8.14. The van der Waals surface area contributed by atoms with Crippen LogP contribution in [0.3, 0.4) is 0 Å². The molecule has 4 aromatic rings. The molecule has 0 unspecified atom stereocenters. The van der Waals surface area contributed by atoms with E-state index in [-0.39, 0.29) is 23.7 Å². The summed E-state index contributed by atoms with van der Waals surface area (Å²) in [4.78, 5) is 27.5. The van der Waals surface area contributed by atoms with E-state index in [2.05, 4.69) is 77.2 Å². The molecule has 4 aromatic carbocycles. The van der Waals surface area contributed by atoms with Gasteiger partial charge in [0.15, 0.2) is 0 Å². The third-order valence-electron chi connectivity index (χ3n) is 8.06. The summed E-state index contributed by atoms with van der Waals surface area (Å²) in [6, 6.07) is 28.1. The third kappa shape index (κ3) is 4.11. The molecule has 0 radical (unpaired) electrons. The van der Waals surface area contributed by atoms with Crippen molar-refractivity contribution in [2.24, 2.45) is 16.9 Å². The quantitative estimate of drug-likeness (QED) is 0.156. The van der Waals surface area contributed by atoms with E-state index < -0.39 is 11.8 Å². The van der Waals surface area contributed by atoms with Gasteiger partial charge >= 0.3 is 0 Å². The van der Waals surface area contributed by atoms with Gasteiger partial charge in [-0.1, -0.05) is 76.6 Å². The van der Waals surface area contributed by atoms with Gasteiger partial charge in [-0.15, -0.1) is 0 Å². The molecule has 1 aliphatic heterocycles. The van der Waals surface area contributed by atoms with Gasteiger partial charge in [0.25, 0.3) is 11.8 Å². The molecule has 0 N–H and O–H groups in total. The molecular formula is C32H21Br3N2O3. The van der Waals surface area contributed by atoms with E-state index in [0.29, 0.717) is 12.4 Å². The number of carbonyl (C=O) groups is 2. The fraction of sp³-hybridized carbons (Fsp3) is 0.156. The molecule has 1 fully saturated rings. The molecule has 4 aliphatic rings. The Hall–Kier alpha value is -3.07. The predicted octanol–water partition coefficient (Wildman–Crippen LogP) is 7.78. The van der Waals surface area contributed by atoms with Crippen LogP contribution in [0.1, 0.15) is 45.2 Å². The van der Waals surface area contributed by atoms with Crippen LogP contribution < -0.4 is 4.74 Å². The minimum Gasteiger partial charge on any atom is -0.487 e. The Morgan fingerprint density at radius 3 is 1.68 bits per heavy atom. The Balaban J connectivity index is 1.16. The van der Waals surface area contributed by atoms with Crippen LogP contribution in [0.2, 0.25) is 0 Å². The largest absolute Gasteiger partial charge is 0.487 e. The maximum Gasteiger partial charge on any atom is 0.254 e. The molecule has 8 rings (SSSR count). The molecule has 2 amide bonds. The first-order valence-corrected chi connectivity index (χ1v) is 15.3. The summed E-state index contributed by atoms with van der Waals surface area (Å²) < 4.78 is 8.52. The Bertz CT molecular complexity index is 1580. The molecule has 1 saturated heterocycles.